The molecule has 2 aromatic carbocycles. The van der Waals surface area contributed by atoms with E-state index in [2.05, 4.69) is 9.39 Å². The number of aliphatic imine (C=N–C) groups is 1. The molecule has 2 aromatic rings. The van der Waals surface area contributed by atoms with E-state index in [1.165, 1.54) is 11.8 Å². The molecule has 0 spiro atoms. The monoisotopic (exact) mass is 496 g/mol. The molecule has 3 aliphatic rings. The van der Waals surface area contributed by atoms with E-state index in [0.717, 1.165) is 23.3 Å². The Morgan fingerprint density at radius 2 is 2.03 bits per heavy atom. The summed E-state index contributed by atoms with van der Waals surface area (Å²) in [5.41, 5.74) is 1.81. The van der Waals surface area contributed by atoms with Gasteiger partial charge in [-0.05, 0) is 54.6 Å². The van der Waals surface area contributed by atoms with Crippen molar-refractivity contribution >= 4 is 51.9 Å². The molecule has 3 aliphatic heterocycles. The Balaban J connectivity index is 1.37. The van der Waals surface area contributed by atoms with Gasteiger partial charge in [0.2, 0.25) is 12.0 Å². The van der Waals surface area contributed by atoms with E-state index in [4.69, 9.17) is 24.4 Å². The number of carbonyl (C=O) groups is 1. The summed E-state index contributed by atoms with van der Waals surface area (Å²) in [7, 11) is 0. The predicted octanol–water partition coefficient (Wildman–Crippen LogP) is 4.33. The largest absolute Gasteiger partial charge is 0.490 e. The molecule has 0 unspecified atom stereocenters. The molecular weight excluding hydrogens is 476 g/mol. The van der Waals surface area contributed by atoms with Gasteiger partial charge in [0.05, 0.1) is 24.1 Å². The second-order valence-corrected chi connectivity index (χ2v) is 8.73. The third-order valence-corrected chi connectivity index (χ3v) is 6.54. The molecule has 0 atom stereocenters. The average Bonchev–Trinajstić information content (AvgIpc) is 3.47. The van der Waals surface area contributed by atoms with E-state index in [1.54, 1.807) is 23.1 Å². The fourth-order valence-electron chi connectivity index (χ4n) is 3.49. The molecule has 0 bridgehead atoms. The number of amidine groups is 3. The van der Waals surface area contributed by atoms with Crippen LogP contribution >= 0.6 is 23.7 Å². The van der Waals surface area contributed by atoms with Crippen molar-refractivity contribution in [1.82, 2.24) is 4.90 Å². The summed E-state index contributed by atoms with van der Waals surface area (Å²) in [6.45, 7) is 2.87. The van der Waals surface area contributed by atoms with Crippen molar-refractivity contribution in [1.29, 1.82) is 5.41 Å². The van der Waals surface area contributed by atoms with Crippen molar-refractivity contribution < 1.29 is 23.7 Å². The van der Waals surface area contributed by atoms with Crippen LogP contribution in [0.3, 0.4) is 0 Å². The fraction of sp³-hybridized carbons (Fsp3) is 0.217. The van der Waals surface area contributed by atoms with Crippen molar-refractivity contribution in [2.24, 2.45) is 9.39 Å². The summed E-state index contributed by atoms with van der Waals surface area (Å²) in [5.74, 6) is 2.11. The lowest BCUT2D eigenvalue weighted by Crippen LogP contribution is -2.41. The molecular formula is C23H20N4O5S2. The van der Waals surface area contributed by atoms with E-state index in [1.807, 2.05) is 37.4 Å². The first kappa shape index (κ1) is 22.4. The molecule has 34 heavy (non-hydrogen) atoms. The Bertz CT molecular complexity index is 1270. The topological polar surface area (TPSA) is 106 Å². The van der Waals surface area contributed by atoms with Crippen molar-refractivity contribution in [3.8, 4) is 23.0 Å². The molecule has 0 aliphatic carbocycles. The third kappa shape index (κ3) is 4.24. The summed E-state index contributed by atoms with van der Waals surface area (Å²) in [6, 6.07) is 11.1. The number of amides is 1. The SMILES string of the molecule is CCOc1cc(/C=C2/C(=N)N3C(SC)=NSC3=NC2=O)ccc1OCc1ccc2c(c1)OCO2. The Morgan fingerprint density at radius 1 is 1.18 bits per heavy atom. The second-order valence-electron chi connectivity index (χ2n) is 7.23. The van der Waals surface area contributed by atoms with E-state index in [9.17, 15) is 4.79 Å². The quantitative estimate of drug-likeness (QED) is 0.465. The zero-order valence-electron chi connectivity index (χ0n) is 18.4. The van der Waals surface area contributed by atoms with Crippen LogP contribution in [0, 0.1) is 5.41 Å². The van der Waals surface area contributed by atoms with Gasteiger partial charge in [-0.25, -0.2) is 4.90 Å². The summed E-state index contributed by atoms with van der Waals surface area (Å²) >= 11 is 2.49. The van der Waals surface area contributed by atoms with Crippen LogP contribution in [0.1, 0.15) is 18.1 Å². The highest BCUT2D eigenvalue weighted by atomic mass is 32.2. The van der Waals surface area contributed by atoms with Gasteiger partial charge in [0, 0.05) is 0 Å². The highest BCUT2D eigenvalue weighted by Crippen LogP contribution is 2.35. The maximum atomic E-state index is 12.6. The first-order valence-electron chi connectivity index (χ1n) is 10.4. The summed E-state index contributed by atoms with van der Waals surface area (Å²) < 4.78 is 26.8. The van der Waals surface area contributed by atoms with Gasteiger partial charge in [0.25, 0.3) is 5.91 Å². The van der Waals surface area contributed by atoms with Gasteiger partial charge in [-0.3, -0.25) is 10.2 Å². The van der Waals surface area contributed by atoms with Gasteiger partial charge in [0.15, 0.2) is 28.2 Å². The van der Waals surface area contributed by atoms with E-state index in [-0.39, 0.29) is 18.2 Å². The Labute approximate surface area is 204 Å². The van der Waals surface area contributed by atoms with Gasteiger partial charge >= 0.3 is 0 Å². The normalized spacial score (nSPS) is 17.6. The van der Waals surface area contributed by atoms with Gasteiger partial charge in [-0.2, -0.15) is 9.39 Å². The zero-order valence-corrected chi connectivity index (χ0v) is 20.0. The first-order valence-corrected chi connectivity index (χ1v) is 12.4. The van der Waals surface area contributed by atoms with Gasteiger partial charge in [-0.1, -0.05) is 23.9 Å². The zero-order chi connectivity index (χ0) is 23.7. The third-order valence-electron chi connectivity index (χ3n) is 5.09. The second kappa shape index (κ2) is 9.43. The number of hydrogen-bond donors (Lipinski definition) is 1. The Hall–Kier alpha value is -3.44. The average molecular weight is 497 g/mol. The predicted molar refractivity (Wildman–Crippen MR) is 133 cm³/mol. The minimum Gasteiger partial charge on any atom is -0.490 e. The van der Waals surface area contributed by atoms with Crippen LogP contribution in [-0.2, 0) is 11.4 Å². The van der Waals surface area contributed by atoms with Crippen molar-refractivity contribution in [3.63, 3.8) is 0 Å². The molecule has 5 rings (SSSR count). The van der Waals surface area contributed by atoms with Crippen LogP contribution in [0.2, 0.25) is 0 Å². The van der Waals surface area contributed by atoms with Crippen molar-refractivity contribution in [2.75, 3.05) is 19.7 Å². The Morgan fingerprint density at radius 3 is 2.85 bits per heavy atom. The van der Waals surface area contributed by atoms with Gasteiger partial charge in [-0.15, -0.1) is 0 Å². The number of carbonyl (C=O) groups excluding carboxylic acids is 1. The van der Waals surface area contributed by atoms with E-state index < -0.39 is 5.91 Å². The minimum absolute atomic E-state index is 0.0502. The van der Waals surface area contributed by atoms with Crippen LogP contribution in [-0.4, -0.2) is 46.6 Å². The highest BCUT2D eigenvalue weighted by Gasteiger charge is 2.37. The number of nitrogens with zero attached hydrogens (tertiary/aromatic N) is 3. The maximum absolute atomic E-state index is 12.6. The van der Waals surface area contributed by atoms with Crippen LogP contribution in [0.5, 0.6) is 23.0 Å². The fourth-order valence-corrected chi connectivity index (χ4v) is 4.95. The lowest BCUT2D eigenvalue weighted by molar-refractivity contribution is -0.114. The molecule has 0 radical (unpaired) electrons. The summed E-state index contributed by atoms with van der Waals surface area (Å²) in [4.78, 5) is 18.3. The number of ether oxygens (including phenoxy) is 4. The van der Waals surface area contributed by atoms with Crippen LogP contribution in [0.15, 0.2) is 51.4 Å². The molecule has 0 saturated carbocycles. The Kier molecular flexibility index (Phi) is 6.20. The lowest BCUT2D eigenvalue weighted by Gasteiger charge is -2.23. The van der Waals surface area contributed by atoms with Gasteiger partial charge in [0.1, 0.15) is 12.4 Å². The number of benzene rings is 2. The van der Waals surface area contributed by atoms with Crippen molar-refractivity contribution in [2.45, 2.75) is 13.5 Å². The smallest absolute Gasteiger partial charge is 0.283 e. The molecule has 174 valence electrons. The van der Waals surface area contributed by atoms with Gasteiger partial charge < -0.3 is 18.9 Å². The van der Waals surface area contributed by atoms with Crippen LogP contribution in [0.4, 0.5) is 0 Å². The number of hydrogen-bond acceptors (Lipinski definition) is 9. The molecule has 0 aromatic heterocycles. The maximum Gasteiger partial charge on any atom is 0.283 e. The molecule has 9 nitrogen and oxygen atoms in total. The minimum atomic E-state index is -0.470. The van der Waals surface area contributed by atoms with E-state index >= 15 is 0 Å². The van der Waals surface area contributed by atoms with Crippen molar-refractivity contribution in [3.05, 3.63) is 53.1 Å². The highest BCUT2D eigenvalue weighted by molar-refractivity contribution is 8.18. The molecule has 0 saturated heterocycles. The summed E-state index contributed by atoms with van der Waals surface area (Å²) in [6.07, 6.45) is 3.50. The number of rotatable bonds is 6. The van der Waals surface area contributed by atoms with E-state index in [0.29, 0.717) is 46.4 Å². The first-order chi connectivity index (χ1) is 16.6. The number of thioether (sulfide) groups is 1. The standard InChI is InChI=1S/C23H20N4O5S2/c1-3-29-18-9-13(8-15-20(24)27-22(25-21(15)28)34-26-23(27)33-2)4-6-16(18)30-11-14-5-7-17-19(10-14)32-12-31-17/h4-10,24H,3,11-12H2,1-2H3/b15-8-,24-20?. The summed E-state index contributed by atoms with van der Waals surface area (Å²) in [5, 5.41) is 9.57. The molecule has 0 fully saturated rings. The molecule has 1 amide bonds. The number of nitrogens with one attached hydrogen (secondary N) is 1. The van der Waals surface area contributed by atoms with Crippen LogP contribution < -0.4 is 18.9 Å². The lowest BCUT2D eigenvalue weighted by atomic mass is 10.1. The molecule has 11 heteroatoms. The van der Waals surface area contributed by atoms with Crippen LogP contribution in [0.25, 0.3) is 6.08 Å². The molecule has 3 heterocycles. The molecule has 1 N–H and O–H groups in total. The number of fused-ring (bicyclic) bond motifs is 2.